The van der Waals surface area contributed by atoms with Gasteiger partial charge in [-0.15, -0.1) is 0 Å². The van der Waals surface area contributed by atoms with E-state index in [-0.39, 0.29) is 42.1 Å². The molecule has 0 amide bonds. The van der Waals surface area contributed by atoms with Gasteiger partial charge in [0.15, 0.2) is 0 Å². The average Bonchev–Trinajstić information content (AvgIpc) is 2.76. The van der Waals surface area contributed by atoms with Gasteiger partial charge in [-0.1, -0.05) is 142 Å². The number of carbonyl (C=O) groups is 2. The molecule has 0 rings (SSSR count). The fraction of sp³-hybridized carbons (Fsp3) is 0.929. The third-order valence-corrected chi connectivity index (χ3v) is 5.98. The van der Waals surface area contributed by atoms with E-state index in [1.54, 1.807) is 0 Å². The van der Waals surface area contributed by atoms with E-state index in [1.165, 1.54) is 116 Å². The van der Waals surface area contributed by atoms with Crippen LogP contribution < -0.4 is 40.8 Å². The zero-order chi connectivity index (χ0) is 24.1. The van der Waals surface area contributed by atoms with Crippen LogP contribution in [-0.4, -0.2) is 17.0 Å². The Balaban J connectivity index is -0.000000250. The number of hydrogen-bond acceptors (Lipinski definition) is 4. The van der Waals surface area contributed by atoms with E-state index < -0.39 is 11.9 Å². The van der Waals surface area contributed by atoms with Gasteiger partial charge < -0.3 is 21.2 Å². The van der Waals surface area contributed by atoms with Crippen molar-refractivity contribution in [3.63, 3.8) is 0 Å². The van der Waals surface area contributed by atoms with Gasteiger partial charge in [0.05, 0.1) is 0 Å². The van der Waals surface area contributed by atoms with E-state index in [1.807, 2.05) is 0 Å². The predicted molar refractivity (Wildman–Crippen MR) is 140 cm³/mol. The van der Waals surface area contributed by atoms with Gasteiger partial charge in [-0.05, 0) is 19.3 Å². The van der Waals surface area contributed by atoms with Crippen LogP contribution in [0.3, 0.4) is 0 Å². The second kappa shape index (κ2) is 37.4. The number of carboxylic acids is 2. The molecule has 0 heterocycles. The molecule has 34 heavy (non-hydrogen) atoms. The van der Waals surface area contributed by atoms with Gasteiger partial charge in [0.1, 0.15) is 0 Å². The maximum Gasteiger partial charge on any atom is 1.00 e. The van der Waals surface area contributed by atoms with Crippen molar-refractivity contribution >= 4 is 11.9 Å². The van der Waals surface area contributed by atoms with Crippen LogP contribution in [0.15, 0.2) is 0 Å². The van der Waals surface area contributed by atoms with Crippen molar-refractivity contribution in [3.8, 4) is 0 Å². The van der Waals surface area contributed by atoms with Gasteiger partial charge in [-0.2, -0.15) is 0 Å². The molecule has 200 valence electrons. The van der Waals surface area contributed by atoms with Crippen molar-refractivity contribution in [2.24, 2.45) is 0 Å². The third kappa shape index (κ3) is 45.4. The van der Waals surface area contributed by atoms with Crippen LogP contribution in [0.1, 0.15) is 168 Å². The molecule has 0 aromatic rings. The summed E-state index contributed by atoms with van der Waals surface area (Å²) < 4.78 is 0. The van der Waals surface area contributed by atoms with Crippen LogP contribution in [0.5, 0.6) is 0 Å². The normalized spacial score (nSPS) is 9.94. The van der Waals surface area contributed by atoms with E-state index >= 15 is 0 Å². The molecule has 0 aromatic heterocycles. The third-order valence-electron chi connectivity index (χ3n) is 5.98. The minimum absolute atomic E-state index is 0. The van der Waals surface area contributed by atoms with Crippen molar-refractivity contribution in [3.05, 3.63) is 0 Å². The fourth-order valence-corrected chi connectivity index (χ4v) is 3.87. The van der Waals surface area contributed by atoms with Gasteiger partial charge in [-0.25, -0.2) is 0 Å². The smallest absolute Gasteiger partial charge is 0.550 e. The summed E-state index contributed by atoms with van der Waals surface area (Å²) in [4.78, 5) is 20.4. The largest absolute Gasteiger partial charge is 1.00 e. The topological polar surface area (TPSA) is 112 Å². The molecule has 0 radical (unpaired) electrons. The molecular weight excluding hydrogens is 437 g/mol. The standard InChI is InChI=1S/2C14H28O2.H3N.Na/c2*1-2-3-4-5-6-7-8-9-10-11-12-13-14(15)16;;/h2*2-13H2,1H3,(H,15,16);1H3;/q;;;+1/p-1. The number of carboxylic acid groups (broad SMARTS) is 2. The van der Waals surface area contributed by atoms with E-state index in [0.717, 1.165) is 25.7 Å². The minimum atomic E-state index is -0.907. The number of carbonyl (C=O) groups excluding carboxylic acids is 1. The first-order valence-corrected chi connectivity index (χ1v) is 14.0. The van der Waals surface area contributed by atoms with Crippen molar-refractivity contribution < 1.29 is 49.4 Å². The molecule has 0 unspecified atom stereocenters. The molecule has 0 aliphatic heterocycles. The Labute approximate surface area is 234 Å². The minimum Gasteiger partial charge on any atom is -0.550 e. The Bertz CT molecular complexity index is 359. The zero-order valence-corrected chi connectivity index (χ0v) is 25.3. The Kier molecular flexibility index (Phi) is 45.2. The Hall–Kier alpha value is -0.100. The molecule has 0 bridgehead atoms. The molecule has 5 nitrogen and oxygen atoms in total. The second-order valence-electron chi connectivity index (χ2n) is 9.34. The first-order chi connectivity index (χ1) is 15.5. The van der Waals surface area contributed by atoms with Gasteiger partial charge in [0.25, 0.3) is 0 Å². The summed E-state index contributed by atoms with van der Waals surface area (Å²) in [6.45, 7) is 4.49. The molecule has 0 fully saturated rings. The maximum atomic E-state index is 10.3. The fourth-order valence-electron chi connectivity index (χ4n) is 3.87. The number of rotatable bonds is 24. The van der Waals surface area contributed by atoms with Crippen LogP contribution in [-0.2, 0) is 9.59 Å². The average molecular weight is 496 g/mol. The monoisotopic (exact) mass is 495 g/mol. The molecule has 0 atom stereocenters. The number of hydrogen-bond donors (Lipinski definition) is 2. The summed E-state index contributed by atoms with van der Waals surface area (Å²) in [5, 5.41) is 18.6. The quantitative estimate of drug-likeness (QED) is 0.138. The molecule has 0 aliphatic carbocycles. The van der Waals surface area contributed by atoms with Gasteiger partial charge >= 0.3 is 35.5 Å². The molecule has 0 aromatic carbocycles. The first-order valence-electron chi connectivity index (χ1n) is 14.0. The maximum absolute atomic E-state index is 10.3. The van der Waals surface area contributed by atoms with Crippen LogP contribution >= 0.6 is 0 Å². The van der Waals surface area contributed by atoms with Crippen LogP contribution in [0.25, 0.3) is 0 Å². The van der Waals surface area contributed by atoms with E-state index in [2.05, 4.69) is 13.8 Å². The number of aliphatic carboxylic acids is 2. The SMILES string of the molecule is CCCCCCCCCCCCCC(=O)O.CCCCCCCCCCCCCC(=O)[O-].N.[Na+]. The van der Waals surface area contributed by atoms with E-state index in [9.17, 15) is 14.7 Å². The molecule has 4 N–H and O–H groups in total. The number of unbranched alkanes of at least 4 members (excludes halogenated alkanes) is 20. The summed E-state index contributed by atoms with van der Waals surface area (Å²) in [6, 6.07) is 0. The van der Waals surface area contributed by atoms with Crippen molar-refractivity contribution in [2.45, 2.75) is 168 Å². The first kappa shape index (κ1) is 41.0. The van der Waals surface area contributed by atoms with Gasteiger partial charge in [0.2, 0.25) is 0 Å². The predicted octanol–water partition coefficient (Wildman–Crippen LogP) is 5.38. The van der Waals surface area contributed by atoms with Crippen molar-refractivity contribution in [1.82, 2.24) is 6.15 Å². The summed E-state index contributed by atoms with van der Waals surface area (Å²) in [6.07, 6.45) is 28.4. The zero-order valence-electron chi connectivity index (χ0n) is 23.3. The van der Waals surface area contributed by atoms with Crippen molar-refractivity contribution in [2.75, 3.05) is 0 Å². The van der Waals surface area contributed by atoms with E-state index in [0.29, 0.717) is 6.42 Å². The molecule has 6 heteroatoms. The molecular formula is C28H58NNaO4. The van der Waals surface area contributed by atoms with Crippen LogP contribution in [0.4, 0.5) is 0 Å². The molecule has 0 aliphatic rings. The van der Waals surface area contributed by atoms with Crippen LogP contribution in [0, 0.1) is 0 Å². The Morgan fingerprint density at radius 3 is 0.971 bits per heavy atom. The summed E-state index contributed by atoms with van der Waals surface area (Å²) >= 11 is 0. The molecule has 0 saturated carbocycles. The van der Waals surface area contributed by atoms with Crippen molar-refractivity contribution in [1.29, 1.82) is 0 Å². The molecule has 0 saturated heterocycles. The van der Waals surface area contributed by atoms with E-state index in [4.69, 9.17) is 5.11 Å². The second-order valence-corrected chi connectivity index (χ2v) is 9.34. The summed E-state index contributed by atoms with van der Waals surface area (Å²) in [7, 11) is 0. The Morgan fingerprint density at radius 1 is 0.500 bits per heavy atom. The van der Waals surface area contributed by atoms with Gasteiger partial charge in [0, 0.05) is 12.4 Å². The van der Waals surface area contributed by atoms with Crippen LogP contribution in [0.2, 0.25) is 0 Å². The summed E-state index contributed by atoms with van der Waals surface area (Å²) in [5.41, 5.74) is 0. The Morgan fingerprint density at radius 2 is 0.735 bits per heavy atom. The summed E-state index contributed by atoms with van der Waals surface area (Å²) in [5.74, 6) is -1.56. The van der Waals surface area contributed by atoms with Gasteiger partial charge in [-0.3, -0.25) is 4.79 Å². The molecule has 0 spiro atoms.